The summed E-state index contributed by atoms with van der Waals surface area (Å²) in [6, 6.07) is 6.67. The fraction of sp³-hybridized carbons (Fsp3) is 0.579. The Balaban J connectivity index is 1.83. The van der Waals surface area contributed by atoms with Gasteiger partial charge in [0.2, 0.25) is 5.91 Å². The number of piperazine rings is 1. The van der Waals surface area contributed by atoms with Crippen LogP contribution >= 0.6 is 0 Å². The molecule has 0 unspecified atom stereocenters. The van der Waals surface area contributed by atoms with Gasteiger partial charge in [-0.2, -0.15) is 0 Å². The zero-order chi connectivity index (χ0) is 19.1. The fourth-order valence-corrected chi connectivity index (χ4v) is 3.15. The first kappa shape index (κ1) is 20.0. The lowest BCUT2D eigenvalue weighted by atomic mass is 10.0. The number of esters is 1. The van der Waals surface area contributed by atoms with Crippen LogP contribution in [-0.2, 0) is 14.3 Å². The van der Waals surface area contributed by atoms with E-state index in [9.17, 15) is 14.7 Å². The van der Waals surface area contributed by atoms with Crippen molar-refractivity contribution in [1.29, 1.82) is 0 Å². The molecule has 0 bridgehead atoms. The smallest absolute Gasteiger partial charge is 0.328 e. The normalized spacial score (nSPS) is 16.4. The molecule has 0 saturated carbocycles. The van der Waals surface area contributed by atoms with Crippen LogP contribution < -0.4 is 10.2 Å². The maximum Gasteiger partial charge on any atom is 0.328 e. The van der Waals surface area contributed by atoms with Gasteiger partial charge in [-0.3, -0.25) is 9.69 Å². The average molecular weight is 363 g/mol. The number of nitrogens with zero attached hydrogens (tertiary/aromatic N) is 2. The molecule has 0 aliphatic carbocycles. The Morgan fingerprint density at radius 3 is 2.42 bits per heavy atom. The molecule has 144 valence electrons. The van der Waals surface area contributed by atoms with Crippen molar-refractivity contribution in [3.05, 3.63) is 24.3 Å². The number of carbonyl (C=O) groups is 2. The summed E-state index contributed by atoms with van der Waals surface area (Å²) in [7, 11) is 1.33. The van der Waals surface area contributed by atoms with Gasteiger partial charge in [0.25, 0.3) is 0 Å². The molecular formula is C19H29N3O4. The molecule has 2 N–H and O–H groups in total. The van der Waals surface area contributed by atoms with Gasteiger partial charge in [-0.1, -0.05) is 26.0 Å². The summed E-state index contributed by atoms with van der Waals surface area (Å²) < 4.78 is 4.78. The lowest BCUT2D eigenvalue weighted by Gasteiger charge is -2.36. The molecule has 1 atom stereocenters. The second kappa shape index (κ2) is 9.43. The van der Waals surface area contributed by atoms with Crippen LogP contribution in [0.3, 0.4) is 0 Å². The van der Waals surface area contributed by atoms with Crippen LogP contribution in [0.1, 0.15) is 20.3 Å². The minimum absolute atomic E-state index is 0.169. The summed E-state index contributed by atoms with van der Waals surface area (Å²) >= 11 is 0. The Bertz CT molecular complexity index is 613. The van der Waals surface area contributed by atoms with Gasteiger partial charge in [0.05, 0.1) is 19.3 Å². The summed E-state index contributed by atoms with van der Waals surface area (Å²) in [5.74, 6) is -0.0247. The molecule has 2 rings (SSSR count). The summed E-state index contributed by atoms with van der Waals surface area (Å²) in [4.78, 5) is 28.3. The molecule has 26 heavy (non-hydrogen) atoms. The van der Waals surface area contributed by atoms with E-state index >= 15 is 0 Å². The molecular weight excluding hydrogens is 334 g/mol. The molecule has 1 aromatic rings. The first-order valence-electron chi connectivity index (χ1n) is 9.03. The summed E-state index contributed by atoms with van der Waals surface area (Å²) in [6.45, 7) is 7.15. The minimum Gasteiger partial charge on any atom is -0.506 e. The van der Waals surface area contributed by atoms with Crippen LogP contribution in [-0.4, -0.2) is 67.8 Å². The van der Waals surface area contributed by atoms with Crippen molar-refractivity contribution < 1.29 is 19.4 Å². The average Bonchev–Trinajstić information content (AvgIpc) is 2.61. The largest absolute Gasteiger partial charge is 0.506 e. The summed E-state index contributed by atoms with van der Waals surface area (Å²) in [5, 5.41) is 12.7. The molecule has 1 amide bonds. The quantitative estimate of drug-likeness (QED) is 0.709. The molecule has 0 radical (unpaired) electrons. The van der Waals surface area contributed by atoms with Crippen molar-refractivity contribution in [2.45, 2.75) is 26.3 Å². The third-order valence-electron chi connectivity index (χ3n) is 4.49. The number of phenolic OH excluding ortho intramolecular Hbond substituents is 1. The number of para-hydroxylation sites is 2. The predicted molar refractivity (Wildman–Crippen MR) is 100 cm³/mol. The number of methoxy groups -OCH3 is 1. The van der Waals surface area contributed by atoms with Crippen LogP contribution in [0.2, 0.25) is 0 Å². The van der Waals surface area contributed by atoms with E-state index < -0.39 is 12.0 Å². The van der Waals surface area contributed by atoms with Crippen LogP contribution in [0.5, 0.6) is 5.75 Å². The van der Waals surface area contributed by atoms with E-state index in [4.69, 9.17) is 4.74 Å². The van der Waals surface area contributed by atoms with E-state index in [1.165, 1.54) is 7.11 Å². The van der Waals surface area contributed by atoms with Crippen LogP contribution in [0, 0.1) is 5.92 Å². The number of benzene rings is 1. The number of nitrogens with one attached hydrogen (secondary N) is 1. The van der Waals surface area contributed by atoms with Crippen molar-refractivity contribution in [2.24, 2.45) is 5.92 Å². The van der Waals surface area contributed by atoms with Crippen LogP contribution in [0.15, 0.2) is 24.3 Å². The Morgan fingerprint density at radius 2 is 1.85 bits per heavy atom. The summed E-state index contributed by atoms with van der Waals surface area (Å²) in [6.07, 6.45) is 0.555. The summed E-state index contributed by atoms with van der Waals surface area (Å²) in [5.41, 5.74) is 0.819. The minimum atomic E-state index is -0.602. The lowest BCUT2D eigenvalue weighted by Crippen LogP contribution is -2.51. The lowest BCUT2D eigenvalue weighted by molar-refractivity contribution is -0.145. The van der Waals surface area contributed by atoms with E-state index in [-0.39, 0.29) is 24.1 Å². The number of hydrogen-bond donors (Lipinski definition) is 2. The van der Waals surface area contributed by atoms with E-state index in [2.05, 4.69) is 15.1 Å². The second-order valence-electron chi connectivity index (χ2n) is 7.02. The van der Waals surface area contributed by atoms with Gasteiger partial charge in [-0.15, -0.1) is 0 Å². The predicted octanol–water partition coefficient (Wildman–Crippen LogP) is 1.22. The van der Waals surface area contributed by atoms with Gasteiger partial charge >= 0.3 is 5.97 Å². The zero-order valence-corrected chi connectivity index (χ0v) is 15.8. The molecule has 0 spiro atoms. The van der Waals surface area contributed by atoms with E-state index in [1.807, 2.05) is 26.0 Å². The van der Waals surface area contributed by atoms with Gasteiger partial charge in [0, 0.05) is 26.2 Å². The van der Waals surface area contributed by atoms with Crippen molar-refractivity contribution in [3.8, 4) is 5.75 Å². The van der Waals surface area contributed by atoms with Crippen LogP contribution in [0.4, 0.5) is 5.69 Å². The number of hydrogen-bond acceptors (Lipinski definition) is 6. The Morgan fingerprint density at radius 1 is 1.19 bits per heavy atom. The van der Waals surface area contributed by atoms with Crippen molar-refractivity contribution >= 4 is 17.6 Å². The molecule has 7 nitrogen and oxygen atoms in total. The molecule has 1 heterocycles. The highest BCUT2D eigenvalue weighted by Gasteiger charge is 2.25. The second-order valence-corrected chi connectivity index (χ2v) is 7.02. The van der Waals surface area contributed by atoms with Crippen molar-refractivity contribution in [2.75, 3.05) is 44.7 Å². The molecule has 1 aliphatic rings. The molecule has 7 heteroatoms. The zero-order valence-electron chi connectivity index (χ0n) is 15.8. The maximum atomic E-state index is 12.3. The Hall–Kier alpha value is -2.28. The highest BCUT2D eigenvalue weighted by atomic mass is 16.5. The Kier molecular flexibility index (Phi) is 7.26. The number of rotatable bonds is 7. The van der Waals surface area contributed by atoms with Crippen LogP contribution in [0.25, 0.3) is 0 Å². The van der Waals surface area contributed by atoms with Gasteiger partial charge < -0.3 is 20.1 Å². The number of phenols is 1. The molecule has 1 aromatic carbocycles. The van der Waals surface area contributed by atoms with Gasteiger partial charge in [-0.05, 0) is 24.5 Å². The van der Waals surface area contributed by atoms with Gasteiger partial charge in [0.1, 0.15) is 11.8 Å². The number of aromatic hydroxyl groups is 1. The maximum absolute atomic E-state index is 12.3. The Labute approximate surface area is 154 Å². The first-order valence-corrected chi connectivity index (χ1v) is 9.03. The highest BCUT2D eigenvalue weighted by molar-refractivity contribution is 5.85. The number of amides is 1. The first-order chi connectivity index (χ1) is 12.4. The highest BCUT2D eigenvalue weighted by Crippen LogP contribution is 2.27. The van der Waals surface area contributed by atoms with Crippen molar-refractivity contribution in [3.63, 3.8) is 0 Å². The number of carbonyl (C=O) groups excluding carboxylic acids is 2. The van der Waals surface area contributed by atoms with Crippen molar-refractivity contribution in [1.82, 2.24) is 10.2 Å². The standard InChI is InChI=1S/C19H29N3O4/c1-14(2)12-15(19(25)26-3)20-18(24)13-21-8-10-22(11-9-21)16-6-4-5-7-17(16)23/h4-7,14-15,23H,8-13H2,1-3H3,(H,20,24)/t15-/m0/s1. The van der Waals surface area contributed by atoms with E-state index in [0.717, 1.165) is 31.9 Å². The monoisotopic (exact) mass is 363 g/mol. The van der Waals surface area contributed by atoms with Gasteiger partial charge in [0.15, 0.2) is 0 Å². The third-order valence-corrected chi connectivity index (χ3v) is 4.49. The SMILES string of the molecule is COC(=O)[C@H](CC(C)C)NC(=O)CN1CCN(c2ccccc2O)CC1. The van der Waals surface area contributed by atoms with E-state index in [0.29, 0.717) is 6.42 Å². The molecule has 1 fully saturated rings. The van der Waals surface area contributed by atoms with E-state index in [1.54, 1.807) is 12.1 Å². The molecule has 0 aromatic heterocycles. The number of anilines is 1. The third kappa shape index (κ3) is 5.62. The van der Waals surface area contributed by atoms with Gasteiger partial charge in [-0.25, -0.2) is 4.79 Å². The molecule has 1 saturated heterocycles. The topological polar surface area (TPSA) is 82.1 Å². The fourth-order valence-electron chi connectivity index (χ4n) is 3.15. The molecule has 1 aliphatic heterocycles. The number of ether oxygens (including phenoxy) is 1.